The van der Waals surface area contributed by atoms with Crippen LogP contribution in [-0.4, -0.2) is 25.6 Å². The van der Waals surface area contributed by atoms with Crippen LogP contribution in [0.5, 0.6) is 5.75 Å². The second kappa shape index (κ2) is 10.8. The number of benzene rings is 2. The van der Waals surface area contributed by atoms with Crippen molar-refractivity contribution in [2.45, 2.75) is 6.92 Å². The Hall–Kier alpha value is -3.41. The van der Waals surface area contributed by atoms with E-state index in [0.717, 1.165) is 5.56 Å². The molecule has 6 nitrogen and oxygen atoms in total. The Morgan fingerprint density at radius 2 is 1.97 bits per heavy atom. The lowest BCUT2D eigenvalue weighted by Gasteiger charge is -2.09. The van der Waals surface area contributed by atoms with E-state index in [2.05, 4.69) is 21.2 Å². The van der Waals surface area contributed by atoms with Gasteiger partial charge in [0.1, 0.15) is 28.0 Å². The average molecular weight is 511 g/mol. The third-order valence-corrected chi connectivity index (χ3v) is 5.95. The van der Waals surface area contributed by atoms with Gasteiger partial charge in [-0.2, -0.15) is 5.26 Å². The van der Waals surface area contributed by atoms with E-state index in [1.54, 1.807) is 37.6 Å². The van der Waals surface area contributed by atoms with Crippen molar-refractivity contribution in [2.75, 3.05) is 19.0 Å². The minimum absolute atomic E-state index is 0.105. The molecule has 0 aliphatic heterocycles. The smallest absolute Gasteiger partial charge is 0.341 e. The summed E-state index contributed by atoms with van der Waals surface area (Å²) < 4.78 is 11.1. The van der Waals surface area contributed by atoms with Crippen LogP contribution in [0, 0.1) is 11.3 Å². The molecule has 0 unspecified atom stereocenters. The van der Waals surface area contributed by atoms with Gasteiger partial charge in [-0.3, -0.25) is 4.79 Å². The van der Waals surface area contributed by atoms with E-state index in [-0.39, 0.29) is 17.7 Å². The van der Waals surface area contributed by atoms with Crippen LogP contribution in [0.15, 0.2) is 64.0 Å². The van der Waals surface area contributed by atoms with Crippen LogP contribution >= 0.6 is 27.3 Å². The van der Waals surface area contributed by atoms with E-state index in [0.29, 0.717) is 26.4 Å². The molecule has 3 aromatic rings. The maximum absolute atomic E-state index is 12.9. The van der Waals surface area contributed by atoms with Crippen LogP contribution in [-0.2, 0) is 9.53 Å². The van der Waals surface area contributed by atoms with E-state index < -0.39 is 11.9 Å². The lowest BCUT2D eigenvalue weighted by Crippen LogP contribution is -2.16. The highest BCUT2D eigenvalue weighted by atomic mass is 79.9. The summed E-state index contributed by atoms with van der Waals surface area (Å²) in [5.41, 5.74) is 2.29. The summed E-state index contributed by atoms with van der Waals surface area (Å²) in [7, 11) is 1.55. The monoisotopic (exact) mass is 510 g/mol. The zero-order valence-corrected chi connectivity index (χ0v) is 19.7. The van der Waals surface area contributed by atoms with E-state index in [9.17, 15) is 14.9 Å². The van der Waals surface area contributed by atoms with Gasteiger partial charge in [-0.15, -0.1) is 11.3 Å². The van der Waals surface area contributed by atoms with Gasteiger partial charge in [0, 0.05) is 10.9 Å². The largest absolute Gasteiger partial charge is 0.496 e. The fourth-order valence-electron chi connectivity index (χ4n) is 2.94. The van der Waals surface area contributed by atoms with Crippen molar-refractivity contribution in [3.8, 4) is 22.9 Å². The van der Waals surface area contributed by atoms with Gasteiger partial charge in [0.15, 0.2) is 0 Å². The predicted octanol–water partition coefficient (Wildman–Crippen LogP) is 5.91. The number of esters is 1. The molecule has 8 heteroatoms. The molecule has 0 atom stereocenters. The number of nitrogens with one attached hydrogen (secondary N) is 1. The van der Waals surface area contributed by atoms with Crippen LogP contribution < -0.4 is 10.1 Å². The highest BCUT2D eigenvalue weighted by Crippen LogP contribution is 2.36. The maximum atomic E-state index is 12.9. The number of hydrogen-bond acceptors (Lipinski definition) is 6. The molecule has 0 fully saturated rings. The predicted molar refractivity (Wildman–Crippen MR) is 129 cm³/mol. The highest BCUT2D eigenvalue weighted by Gasteiger charge is 2.23. The second-order valence-electron chi connectivity index (χ2n) is 6.46. The van der Waals surface area contributed by atoms with Gasteiger partial charge in [0.05, 0.1) is 18.2 Å². The summed E-state index contributed by atoms with van der Waals surface area (Å²) in [6.07, 6.45) is 1.47. The first kappa shape index (κ1) is 23.3. The van der Waals surface area contributed by atoms with Crippen molar-refractivity contribution >= 4 is 50.2 Å². The van der Waals surface area contributed by atoms with Crippen molar-refractivity contribution in [1.29, 1.82) is 5.26 Å². The van der Waals surface area contributed by atoms with E-state index in [4.69, 9.17) is 9.47 Å². The van der Waals surface area contributed by atoms with Crippen molar-refractivity contribution in [3.05, 3.63) is 75.1 Å². The van der Waals surface area contributed by atoms with Crippen LogP contribution in [0.4, 0.5) is 5.00 Å². The number of thiophene rings is 1. The van der Waals surface area contributed by atoms with Crippen molar-refractivity contribution in [2.24, 2.45) is 0 Å². The average Bonchev–Trinajstić information content (AvgIpc) is 3.21. The number of ether oxygens (including phenoxy) is 2. The molecular formula is C24H19BrN2O4S. The third kappa shape index (κ3) is 5.25. The maximum Gasteiger partial charge on any atom is 0.341 e. The Kier molecular flexibility index (Phi) is 7.82. The number of nitriles is 1. The van der Waals surface area contributed by atoms with E-state index in [1.165, 1.54) is 17.4 Å². The van der Waals surface area contributed by atoms with Gasteiger partial charge in [-0.25, -0.2) is 4.79 Å². The zero-order valence-electron chi connectivity index (χ0n) is 17.3. The van der Waals surface area contributed by atoms with Crippen molar-refractivity contribution < 1.29 is 19.1 Å². The van der Waals surface area contributed by atoms with Gasteiger partial charge in [0.2, 0.25) is 0 Å². The fraction of sp³-hybridized carbons (Fsp3) is 0.125. The number of halogens is 1. The molecule has 0 aliphatic carbocycles. The van der Waals surface area contributed by atoms with Crippen molar-refractivity contribution in [3.63, 3.8) is 0 Å². The van der Waals surface area contributed by atoms with Gasteiger partial charge in [-0.05, 0) is 52.2 Å². The number of hydrogen-bond donors (Lipinski definition) is 1. The number of anilines is 1. The molecule has 0 saturated heterocycles. The Morgan fingerprint density at radius 1 is 1.22 bits per heavy atom. The van der Waals surface area contributed by atoms with Gasteiger partial charge >= 0.3 is 5.97 Å². The van der Waals surface area contributed by atoms with Crippen LogP contribution in [0.1, 0.15) is 22.8 Å². The summed E-state index contributed by atoms with van der Waals surface area (Å²) in [4.78, 5) is 25.5. The topological polar surface area (TPSA) is 88.4 Å². The zero-order chi connectivity index (χ0) is 23.1. The standard InChI is InChI=1S/C24H19BrN2O4S/c1-3-31-24(29)21-18(16-7-5-4-6-8-16)14-32-23(21)27-22(28)17(13-26)11-15-9-10-20(30-2)19(25)12-15/h4-12,14H,3H2,1-2H3,(H,27,28)/b17-11+. The SMILES string of the molecule is CCOC(=O)c1c(-c2ccccc2)csc1NC(=O)/C(C#N)=C/c1ccc(OC)c(Br)c1. The Labute approximate surface area is 198 Å². The molecule has 2 aromatic carbocycles. The van der Waals surface area contributed by atoms with Crippen LogP contribution in [0.25, 0.3) is 17.2 Å². The first-order chi connectivity index (χ1) is 15.5. The molecule has 0 saturated carbocycles. The second-order valence-corrected chi connectivity index (χ2v) is 8.19. The first-order valence-electron chi connectivity index (χ1n) is 9.59. The summed E-state index contributed by atoms with van der Waals surface area (Å²) in [6.45, 7) is 1.92. The summed E-state index contributed by atoms with van der Waals surface area (Å²) >= 11 is 4.59. The normalized spacial score (nSPS) is 10.9. The van der Waals surface area contributed by atoms with Crippen molar-refractivity contribution in [1.82, 2.24) is 0 Å². The summed E-state index contributed by atoms with van der Waals surface area (Å²) in [6, 6.07) is 16.5. The number of methoxy groups -OCH3 is 1. The molecule has 1 heterocycles. The fourth-order valence-corrected chi connectivity index (χ4v) is 4.45. The molecule has 3 rings (SSSR count). The van der Waals surface area contributed by atoms with E-state index >= 15 is 0 Å². The molecular weight excluding hydrogens is 492 g/mol. The number of amides is 1. The Balaban J connectivity index is 1.94. The molecule has 1 amide bonds. The first-order valence-corrected chi connectivity index (χ1v) is 11.3. The van der Waals surface area contributed by atoms with Gasteiger partial charge < -0.3 is 14.8 Å². The molecule has 0 radical (unpaired) electrons. The molecule has 1 N–H and O–H groups in total. The molecule has 32 heavy (non-hydrogen) atoms. The lowest BCUT2D eigenvalue weighted by molar-refractivity contribution is -0.112. The molecule has 0 bridgehead atoms. The highest BCUT2D eigenvalue weighted by molar-refractivity contribution is 9.10. The number of carbonyl (C=O) groups excluding carboxylic acids is 2. The number of rotatable bonds is 7. The minimum Gasteiger partial charge on any atom is -0.496 e. The Bertz CT molecular complexity index is 1210. The van der Waals surface area contributed by atoms with Gasteiger partial charge in [-0.1, -0.05) is 36.4 Å². The van der Waals surface area contributed by atoms with Gasteiger partial charge in [0.25, 0.3) is 5.91 Å². The number of carbonyl (C=O) groups is 2. The van der Waals surface area contributed by atoms with Crippen LogP contribution in [0.2, 0.25) is 0 Å². The van der Waals surface area contributed by atoms with E-state index in [1.807, 2.05) is 36.4 Å². The molecule has 0 spiro atoms. The molecule has 1 aromatic heterocycles. The quantitative estimate of drug-likeness (QED) is 0.242. The lowest BCUT2D eigenvalue weighted by atomic mass is 10.0. The molecule has 0 aliphatic rings. The molecule has 162 valence electrons. The third-order valence-electron chi connectivity index (χ3n) is 4.43. The minimum atomic E-state index is -0.619. The summed E-state index contributed by atoms with van der Waals surface area (Å²) in [5.74, 6) is -0.521. The Morgan fingerprint density at radius 3 is 2.59 bits per heavy atom. The number of nitrogens with zero attached hydrogens (tertiary/aromatic N) is 1. The van der Waals surface area contributed by atoms with Crippen LogP contribution in [0.3, 0.4) is 0 Å². The summed E-state index contributed by atoms with van der Waals surface area (Å²) in [5, 5.41) is 14.4.